The molecular weight excluding hydrogens is 418 g/mol. The predicted octanol–water partition coefficient (Wildman–Crippen LogP) is -3.02. The van der Waals surface area contributed by atoms with Crippen LogP contribution in [-0.4, -0.2) is 96.0 Å². The molecule has 0 aliphatic carbocycles. The van der Waals surface area contributed by atoms with Gasteiger partial charge in [0, 0.05) is 20.1 Å². The summed E-state index contributed by atoms with van der Waals surface area (Å²) < 4.78 is 15.7. The highest BCUT2D eigenvalue weighted by atomic mass is 16.6. The fraction of sp³-hybridized carbons (Fsp3) is 0.647. The number of nitrogens with zero attached hydrogens (tertiary/aromatic N) is 1. The number of hydrogen-bond acceptors (Lipinski definition) is 9. The van der Waals surface area contributed by atoms with Gasteiger partial charge in [-0.15, -0.1) is 0 Å². The zero-order chi connectivity index (χ0) is 23.6. The molecule has 1 rings (SSSR count). The number of aliphatic carboxylic acids is 1. The maximum atomic E-state index is 12.2. The molecule has 0 fully saturated rings. The molecule has 0 aromatic rings. The molecule has 1 heterocycles. The van der Waals surface area contributed by atoms with Crippen molar-refractivity contribution >= 4 is 23.9 Å². The Kier molecular flexibility index (Phi) is 10.5. The number of ether oxygens (including phenoxy) is 3. The number of nitrogens with one attached hydrogen (secondary N) is 2. The first-order chi connectivity index (χ1) is 14.6. The highest BCUT2D eigenvalue weighted by Crippen LogP contribution is 2.26. The number of carboxylic acid groups (broad SMARTS) is 1. The standard InChI is InChI=1S/C17H29N5O9/c1-3-29-5-4-20-17(28)31-13(10(25)7-23)14-12(21-8(2)24)9(22-16(18)19)6-11(30-14)15(26)27/h6,9-10,12-14,23,25H,3-5,7H2,1-2H3,(H,20,28)(H,21,24)(H,26,27)(H4,18,19,22)/t9-,10+,12+,13+,14+/m0/s1. The number of aliphatic imine (C=N–C) groups is 1. The fourth-order valence-corrected chi connectivity index (χ4v) is 2.80. The summed E-state index contributed by atoms with van der Waals surface area (Å²) in [6.07, 6.45) is -4.69. The number of amides is 2. The Labute approximate surface area is 178 Å². The molecule has 9 N–H and O–H groups in total. The van der Waals surface area contributed by atoms with Gasteiger partial charge in [0.1, 0.15) is 6.10 Å². The van der Waals surface area contributed by atoms with Gasteiger partial charge in [-0.05, 0) is 13.0 Å². The van der Waals surface area contributed by atoms with Crippen molar-refractivity contribution in [3.8, 4) is 0 Å². The average molecular weight is 447 g/mol. The van der Waals surface area contributed by atoms with Crippen LogP contribution in [0.2, 0.25) is 0 Å². The summed E-state index contributed by atoms with van der Waals surface area (Å²) >= 11 is 0. The van der Waals surface area contributed by atoms with Crippen molar-refractivity contribution in [3.63, 3.8) is 0 Å². The smallest absolute Gasteiger partial charge is 0.407 e. The SMILES string of the molecule is CCOCCNC(=O)O[C@@H]([C@@H]1OC(C(=O)O)=C[C@H](N=C(N)N)[C@H]1NC(C)=O)[C@H](O)CO. The Bertz CT molecular complexity index is 695. The van der Waals surface area contributed by atoms with E-state index in [1.54, 1.807) is 6.92 Å². The van der Waals surface area contributed by atoms with Gasteiger partial charge in [-0.25, -0.2) is 14.6 Å². The van der Waals surface area contributed by atoms with Crippen molar-refractivity contribution in [2.24, 2.45) is 16.5 Å². The molecule has 0 spiro atoms. The summed E-state index contributed by atoms with van der Waals surface area (Å²) in [4.78, 5) is 39.3. The minimum atomic E-state index is -1.69. The number of rotatable bonds is 11. The summed E-state index contributed by atoms with van der Waals surface area (Å²) in [5.41, 5.74) is 10.8. The van der Waals surface area contributed by atoms with E-state index >= 15 is 0 Å². The first-order valence-corrected chi connectivity index (χ1v) is 9.39. The van der Waals surface area contributed by atoms with Crippen molar-refractivity contribution in [1.82, 2.24) is 10.6 Å². The van der Waals surface area contributed by atoms with Crippen LogP contribution in [0.4, 0.5) is 4.79 Å². The van der Waals surface area contributed by atoms with Gasteiger partial charge in [0.15, 0.2) is 18.2 Å². The van der Waals surface area contributed by atoms with E-state index in [1.165, 1.54) is 6.92 Å². The lowest BCUT2D eigenvalue weighted by molar-refractivity contribution is -0.146. The number of alkyl carbamates (subject to hydrolysis) is 1. The van der Waals surface area contributed by atoms with Crippen molar-refractivity contribution in [2.75, 3.05) is 26.4 Å². The summed E-state index contributed by atoms with van der Waals surface area (Å²) in [5.74, 6) is -3.05. The molecule has 0 bridgehead atoms. The Balaban J connectivity index is 3.25. The van der Waals surface area contributed by atoms with Gasteiger partial charge >= 0.3 is 12.1 Å². The minimum absolute atomic E-state index is 0.0895. The van der Waals surface area contributed by atoms with E-state index in [0.29, 0.717) is 6.61 Å². The Morgan fingerprint density at radius 1 is 1.35 bits per heavy atom. The first-order valence-electron chi connectivity index (χ1n) is 9.39. The molecule has 2 amide bonds. The van der Waals surface area contributed by atoms with Gasteiger partial charge in [0.05, 0.1) is 25.3 Å². The molecule has 14 nitrogen and oxygen atoms in total. The molecule has 5 atom stereocenters. The molecule has 31 heavy (non-hydrogen) atoms. The van der Waals surface area contributed by atoms with Gasteiger partial charge in [0.25, 0.3) is 0 Å². The van der Waals surface area contributed by atoms with Crippen molar-refractivity contribution < 1.29 is 43.9 Å². The van der Waals surface area contributed by atoms with Gasteiger partial charge < -0.3 is 51.6 Å². The van der Waals surface area contributed by atoms with Crippen molar-refractivity contribution in [2.45, 2.75) is 44.2 Å². The summed E-state index contributed by atoms with van der Waals surface area (Å²) in [6, 6.07) is -2.28. The molecule has 0 unspecified atom stereocenters. The second-order valence-electron chi connectivity index (χ2n) is 6.43. The fourth-order valence-electron chi connectivity index (χ4n) is 2.80. The first kappa shape index (κ1) is 25.9. The molecule has 0 radical (unpaired) electrons. The van der Waals surface area contributed by atoms with Crippen LogP contribution in [0.5, 0.6) is 0 Å². The molecule has 0 aromatic carbocycles. The molecule has 1 aliphatic heterocycles. The number of hydrogen-bond donors (Lipinski definition) is 7. The second-order valence-corrected chi connectivity index (χ2v) is 6.43. The van der Waals surface area contributed by atoms with E-state index in [1.807, 2.05) is 0 Å². The average Bonchev–Trinajstić information content (AvgIpc) is 2.69. The van der Waals surface area contributed by atoms with E-state index in [4.69, 9.17) is 25.7 Å². The van der Waals surface area contributed by atoms with Gasteiger partial charge in [-0.2, -0.15) is 0 Å². The monoisotopic (exact) mass is 447 g/mol. The molecule has 1 aliphatic rings. The van der Waals surface area contributed by atoms with Gasteiger partial charge in [-0.3, -0.25) is 4.79 Å². The number of carbonyl (C=O) groups excluding carboxylic acids is 2. The Morgan fingerprint density at radius 3 is 2.55 bits per heavy atom. The molecular formula is C17H29N5O9. The maximum Gasteiger partial charge on any atom is 0.407 e. The van der Waals surface area contributed by atoms with Gasteiger partial charge in [-0.1, -0.05) is 0 Å². The molecule has 14 heteroatoms. The second kappa shape index (κ2) is 12.6. The number of aliphatic hydroxyl groups excluding tert-OH is 2. The number of carboxylic acids is 1. The van der Waals surface area contributed by atoms with Crippen LogP contribution >= 0.6 is 0 Å². The normalized spacial score (nSPS) is 22.2. The zero-order valence-electron chi connectivity index (χ0n) is 17.2. The highest BCUT2D eigenvalue weighted by molar-refractivity contribution is 5.85. The predicted molar refractivity (Wildman–Crippen MR) is 106 cm³/mol. The Morgan fingerprint density at radius 2 is 2.03 bits per heavy atom. The van der Waals surface area contributed by atoms with E-state index in [-0.39, 0.29) is 13.2 Å². The summed E-state index contributed by atoms with van der Waals surface area (Å²) in [7, 11) is 0. The largest absolute Gasteiger partial charge is 0.477 e. The van der Waals surface area contributed by atoms with Crippen molar-refractivity contribution in [1.29, 1.82) is 0 Å². The van der Waals surface area contributed by atoms with Crippen LogP contribution in [0.15, 0.2) is 16.8 Å². The third kappa shape index (κ3) is 8.27. The number of nitrogens with two attached hydrogens (primary N) is 2. The lowest BCUT2D eigenvalue weighted by atomic mass is 9.92. The van der Waals surface area contributed by atoms with Crippen LogP contribution in [0.25, 0.3) is 0 Å². The zero-order valence-corrected chi connectivity index (χ0v) is 17.2. The third-order valence-electron chi connectivity index (χ3n) is 4.04. The highest BCUT2D eigenvalue weighted by Gasteiger charge is 2.46. The van der Waals surface area contributed by atoms with Crippen LogP contribution in [0.1, 0.15) is 13.8 Å². The van der Waals surface area contributed by atoms with Crippen LogP contribution in [0, 0.1) is 0 Å². The molecule has 0 aromatic heterocycles. The summed E-state index contributed by atoms with van der Waals surface area (Å²) in [5, 5.41) is 33.9. The van der Waals surface area contributed by atoms with Crippen LogP contribution < -0.4 is 22.1 Å². The lowest BCUT2D eigenvalue weighted by Gasteiger charge is -2.39. The van der Waals surface area contributed by atoms with Crippen LogP contribution in [-0.2, 0) is 23.8 Å². The number of guanidine groups is 1. The van der Waals surface area contributed by atoms with E-state index in [9.17, 15) is 29.7 Å². The molecule has 0 saturated heterocycles. The quantitative estimate of drug-likeness (QED) is 0.0957. The van der Waals surface area contributed by atoms with Crippen molar-refractivity contribution in [3.05, 3.63) is 11.8 Å². The molecule has 176 valence electrons. The third-order valence-corrected chi connectivity index (χ3v) is 4.04. The van der Waals surface area contributed by atoms with E-state index in [0.717, 1.165) is 6.08 Å². The van der Waals surface area contributed by atoms with Gasteiger partial charge in [0.2, 0.25) is 11.7 Å². The maximum absolute atomic E-state index is 12.2. The lowest BCUT2D eigenvalue weighted by Crippen LogP contribution is -2.61. The van der Waals surface area contributed by atoms with Crippen LogP contribution in [0.3, 0.4) is 0 Å². The topological polar surface area (TPSA) is 228 Å². The molecule has 0 saturated carbocycles. The number of carbonyl (C=O) groups is 3. The Hall–Kier alpha value is -3.10. The number of aliphatic hydroxyl groups is 2. The summed E-state index contributed by atoms with van der Waals surface area (Å²) in [6.45, 7) is 2.82. The van der Waals surface area contributed by atoms with E-state index < -0.39 is 66.7 Å². The minimum Gasteiger partial charge on any atom is -0.477 e. The van der Waals surface area contributed by atoms with E-state index in [2.05, 4.69) is 15.6 Å².